The minimum absolute atomic E-state index is 0.0750. The maximum absolute atomic E-state index is 10.6. The maximum Gasteiger partial charge on any atom is 0.238 e. The molecule has 5 nitrogen and oxygen atoms in total. The highest BCUT2D eigenvalue weighted by Gasteiger charge is 2.21. The Bertz CT molecular complexity index is 1200. The Labute approximate surface area is 164 Å². The second-order valence-electron chi connectivity index (χ2n) is 7.83. The zero-order valence-corrected chi connectivity index (χ0v) is 16.8. The largest absolute Gasteiger partial charge is 0.507 e. The van der Waals surface area contributed by atoms with Crippen LogP contribution < -0.4 is 0 Å². The number of aryl methyl sites for hydroxylation is 3. The highest BCUT2D eigenvalue weighted by atomic mass is 16.3. The van der Waals surface area contributed by atoms with E-state index in [0.29, 0.717) is 22.7 Å². The first-order chi connectivity index (χ1) is 13.3. The van der Waals surface area contributed by atoms with Crippen molar-refractivity contribution >= 4 is 10.9 Å². The highest BCUT2D eigenvalue weighted by Crippen LogP contribution is 2.42. The number of aromatic nitrogens is 3. The Hall–Kier alpha value is -3.21. The van der Waals surface area contributed by atoms with Crippen molar-refractivity contribution < 1.29 is 10.2 Å². The number of hydrogen-bond donors (Lipinski definition) is 3. The molecule has 0 unspecified atom stereocenters. The molecule has 3 N–H and O–H groups in total. The third-order valence-corrected chi connectivity index (χ3v) is 5.50. The molecule has 0 bridgehead atoms. The van der Waals surface area contributed by atoms with Crippen LogP contribution in [0.2, 0.25) is 0 Å². The Balaban J connectivity index is 1.95. The summed E-state index contributed by atoms with van der Waals surface area (Å²) in [6, 6.07) is 9.84. The minimum atomic E-state index is -0.0750. The molecule has 0 radical (unpaired) electrons. The molecule has 2 aromatic heterocycles. The van der Waals surface area contributed by atoms with E-state index in [1.54, 1.807) is 6.07 Å². The van der Waals surface area contributed by atoms with Gasteiger partial charge < -0.3 is 14.8 Å². The minimum Gasteiger partial charge on any atom is -0.507 e. The quantitative estimate of drug-likeness (QED) is 0.450. The smallest absolute Gasteiger partial charge is 0.238 e. The first kappa shape index (κ1) is 18.2. The van der Waals surface area contributed by atoms with Gasteiger partial charge in [-0.1, -0.05) is 19.9 Å². The van der Waals surface area contributed by atoms with Gasteiger partial charge in [-0.15, -0.1) is 5.10 Å². The van der Waals surface area contributed by atoms with E-state index < -0.39 is 0 Å². The normalized spacial score (nSPS) is 11.6. The maximum atomic E-state index is 10.6. The molecule has 0 fully saturated rings. The predicted molar refractivity (Wildman–Crippen MR) is 113 cm³/mol. The van der Waals surface area contributed by atoms with Crippen LogP contribution in [-0.2, 0) is 7.05 Å². The van der Waals surface area contributed by atoms with Crippen LogP contribution in [-0.4, -0.2) is 25.0 Å². The van der Waals surface area contributed by atoms with Crippen molar-refractivity contribution in [1.29, 1.82) is 0 Å². The van der Waals surface area contributed by atoms with Gasteiger partial charge in [-0.3, -0.25) is 5.10 Å². The van der Waals surface area contributed by atoms with Gasteiger partial charge >= 0.3 is 0 Å². The molecule has 0 saturated heterocycles. The Morgan fingerprint density at radius 3 is 2.50 bits per heavy atom. The number of phenolic OH excluding ortho intramolecular Hbond substituents is 1. The Morgan fingerprint density at radius 2 is 1.79 bits per heavy atom. The van der Waals surface area contributed by atoms with E-state index in [2.05, 4.69) is 47.8 Å². The zero-order chi connectivity index (χ0) is 20.2. The molecule has 0 amide bonds. The van der Waals surface area contributed by atoms with E-state index >= 15 is 0 Å². The number of aromatic hydroxyl groups is 2. The number of aromatic amines is 1. The van der Waals surface area contributed by atoms with Gasteiger partial charge in [0.05, 0.1) is 11.3 Å². The first-order valence-corrected chi connectivity index (χ1v) is 9.45. The van der Waals surface area contributed by atoms with Crippen LogP contribution in [0.25, 0.3) is 33.3 Å². The van der Waals surface area contributed by atoms with Gasteiger partial charge in [0.15, 0.2) is 0 Å². The van der Waals surface area contributed by atoms with Crippen LogP contribution in [0.5, 0.6) is 11.6 Å². The number of nitrogens with one attached hydrogen (secondary N) is 1. The third kappa shape index (κ3) is 2.74. The monoisotopic (exact) mass is 375 g/mol. The summed E-state index contributed by atoms with van der Waals surface area (Å²) in [5.41, 5.74) is 7.21. The third-order valence-electron chi connectivity index (χ3n) is 5.50. The molecular formula is C23H25N3O2. The molecule has 144 valence electrons. The molecule has 2 aromatic carbocycles. The molecule has 0 aliphatic heterocycles. The number of hydrogen-bond acceptors (Lipinski definition) is 3. The molecule has 2 heterocycles. The standard InChI is InChI=1S/C23H25N3O2/c1-12(2)16-10-18(20(27)8-13(16)3)22-21(23(28)25-24-22)15-6-7-19-17(9-15)14(4)11-26(19)5/h6-12,27H,1-5H3,(H2,24,25,28). The summed E-state index contributed by atoms with van der Waals surface area (Å²) in [7, 11) is 2.02. The number of fused-ring (bicyclic) bond motifs is 1. The number of H-pyrrole nitrogens is 1. The molecule has 4 aromatic rings. The van der Waals surface area contributed by atoms with Crippen molar-refractivity contribution in [2.75, 3.05) is 0 Å². The van der Waals surface area contributed by atoms with Gasteiger partial charge in [-0.2, -0.15) is 0 Å². The summed E-state index contributed by atoms with van der Waals surface area (Å²) in [4.78, 5) is 0. The molecule has 28 heavy (non-hydrogen) atoms. The van der Waals surface area contributed by atoms with Crippen molar-refractivity contribution in [3.05, 3.63) is 53.2 Å². The van der Waals surface area contributed by atoms with Gasteiger partial charge in [0.25, 0.3) is 0 Å². The molecule has 5 heteroatoms. The lowest BCUT2D eigenvalue weighted by Crippen LogP contribution is -1.94. The van der Waals surface area contributed by atoms with Crippen LogP contribution in [0.3, 0.4) is 0 Å². The summed E-state index contributed by atoms with van der Waals surface area (Å²) >= 11 is 0. The lowest BCUT2D eigenvalue weighted by Gasteiger charge is -2.14. The molecule has 0 aliphatic rings. The lowest BCUT2D eigenvalue weighted by atomic mass is 9.92. The Kier molecular flexibility index (Phi) is 4.18. The van der Waals surface area contributed by atoms with E-state index in [0.717, 1.165) is 27.6 Å². The summed E-state index contributed by atoms with van der Waals surface area (Å²) in [6.45, 7) is 8.32. The molecule has 0 atom stereocenters. The second-order valence-corrected chi connectivity index (χ2v) is 7.83. The summed E-state index contributed by atoms with van der Waals surface area (Å²) < 4.78 is 2.09. The van der Waals surface area contributed by atoms with Crippen LogP contribution in [0, 0.1) is 13.8 Å². The van der Waals surface area contributed by atoms with E-state index in [4.69, 9.17) is 0 Å². The average molecular weight is 375 g/mol. The summed E-state index contributed by atoms with van der Waals surface area (Å²) in [6.07, 6.45) is 2.09. The topological polar surface area (TPSA) is 74.1 Å². The van der Waals surface area contributed by atoms with Crippen molar-refractivity contribution in [1.82, 2.24) is 14.8 Å². The van der Waals surface area contributed by atoms with Crippen LogP contribution >= 0.6 is 0 Å². The summed E-state index contributed by atoms with van der Waals surface area (Å²) in [5, 5.41) is 29.2. The Morgan fingerprint density at radius 1 is 1.04 bits per heavy atom. The van der Waals surface area contributed by atoms with Crippen molar-refractivity contribution in [2.45, 2.75) is 33.6 Å². The van der Waals surface area contributed by atoms with Gasteiger partial charge in [0, 0.05) is 29.7 Å². The fraction of sp³-hybridized carbons (Fsp3) is 0.261. The fourth-order valence-electron chi connectivity index (χ4n) is 4.08. The van der Waals surface area contributed by atoms with Gasteiger partial charge in [0.2, 0.25) is 5.88 Å². The first-order valence-electron chi connectivity index (χ1n) is 9.45. The average Bonchev–Trinajstić information content (AvgIpc) is 3.14. The lowest BCUT2D eigenvalue weighted by molar-refractivity contribution is 0.454. The van der Waals surface area contributed by atoms with Crippen LogP contribution in [0.1, 0.15) is 36.5 Å². The van der Waals surface area contributed by atoms with E-state index in [1.165, 1.54) is 5.56 Å². The second kappa shape index (κ2) is 6.44. The number of benzene rings is 2. The van der Waals surface area contributed by atoms with Crippen molar-refractivity contribution in [3.8, 4) is 34.0 Å². The fourth-order valence-corrected chi connectivity index (χ4v) is 4.08. The molecular weight excluding hydrogens is 350 g/mol. The van der Waals surface area contributed by atoms with E-state index in [1.807, 2.05) is 32.2 Å². The molecule has 0 aliphatic carbocycles. The zero-order valence-electron chi connectivity index (χ0n) is 16.8. The summed E-state index contributed by atoms with van der Waals surface area (Å²) in [5.74, 6) is 0.417. The van der Waals surface area contributed by atoms with Crippen molar-refractivity contribution in [3.63, 3.8) is 0 Å². The van der Waals surface area contributed by atoms with Gasteiger partial charge in [0.1, 0.15) is 5.75 Å². The molecule has 0 saturated carbocycles. The molecule has 4 rings (SSSR count). The van der Waals surface area contributed by atoms with Gasteiger partial charge in [-0.05, 0) is 66.3 Å². The number of phenols is 1. The van der Waals surface area contributed by atoms with Gasteiger partial charge in [-0.25, -0.2) is 0 Å². The van der Waals surface area contributed by atoms with E-state index in [9.17, 15) is 10.2 Å². The highest BCUT2D eigenvalue weighted by molar-refractivity contribution is 5.93. The van der Waals surface area contributed by atoms with Crippen molar-refractivity contribution in [2.24, 2.45) is 7.05 Å². The number of nitrogens with zero attached hydrogens (tertiary/aromatic N) is 2. The van der Waals surface area contributed by atoms with E-state index in [-0.39, 0.29) is 11.6 Å². The SMILES string of the molecule is Cc1cc(O)c(-c2[nH]nc(O)c2-c2ccc3c(c2)c(C)cn3C)cc1C(C)C. The molecule has 0 spiro atoms. The van der Waals surface area contributed by atoms with Crippen LogP contribution in [0.4, 0.5) is 0 Å². The van der Waals surface area contributed by atoms with Crippen LogP contribution in [0.15, 0.2) is 36.5 Å². The number of rotatable bonds is 3. The predicted octanol–water partition coefficient (Wildman–Crippen LogP) is 5.39.